The Morgan fingerprint density at radius 2 is 2.09 bits per heavy atom. The van der Waals surface area contributed by atoms with Crippen molar-refractivity contribution in [3.05, 3.63) is 35.7 Å². The predicted molar refractivity (Wildman–Crippen MR) is 92.1 cm³/mol. The van der Waals surface area contributed by atoms with E-state index in [0.29, 0.717) is 6.04 Å². The Balaban J connectivity index is 1.92. The van der Waals surface area contributed by atoms with Crippen LogP contribution < -0.4 is 15.4 Å². The van der Waals surface area contributed by atoms with E-state index in [1.807, 2.05) is 12.1 Å². The van der Waals surface area contributed by atoms with Crippen LogP contribution in [0.1, 0.15) is 6.92 Å². The molecule has 2 N–H and O–H groups in total. The van der Waals surface area contributed by atoms with E-state index in [4.69, 9.17) is 0 Å². The van der Waals surface area contributed by atoms with Gasteiger partial charge in [-0.2, -0.15) is 0 Å². The van der Waals surface area contributed by atoms with Gasteiger partial charge in [0.2, 0.25) is 0 Å². The molecule has 4 rings (SSSR count). The smallest absolute Gasteiger partial charge is 0.125 e. The zero-order chi connectivity index (χ0) is 15.3. The molecule has 22 heavy (non-hydrogen) atoms. The van der Waals surface area contributed by atoms with Crippen molar-refractivity contribution in [3.8, 4) is 0 Å². The lowest BCUT2D eigenvalue weighted by Crippen LogP contribution is -2.55. The van der Waals surface area contributed by atoms with Crippen LogP contribution in [0.5, 0.6) is 0 Å². The zero-order valence-corrected chi connectivity index (χ0v) is 13.4. The average molecular weight is 313 g/mol. The molecule has 1 aromatic heterocycles. The first-order valence-corrected chi connectivity index (χ1v) is 8.77. The van der Waals surface area contributed by atoms with Crippen LogP contribution in [0.4, 0.5) is 0 Å². The monoisotopic (exact) mass is 313 g/mol. The van der Waals surface area contributed by atoms with Gasteiger partial charge >= 0.3 is 0 Å². The van der Waals surface area contributed by atoms with Gasteiger partial charge in [0.15, 0.2) is 0 Å². The van der Waals surface area contributed by atoms with E-state index in [0.717, 1.165) is 40.7 Å². The molecule has 5 heteroatoms. The Labute approximate surface area is 131 Å². The van der Waals surface area contributed by atoms with Crippen LogP contribution in [-0.2, 0) is 17.5 Å². The average Bonchev–Trinajstić information content (AvgIpc) is 2.77. The quantitative estimate of drug-likeness (QED) is 0.767. The molecule has 4 nitrogen and oxygen atoms in total. The van der Waals surface area contributed by atoms with Crippen LogP contribution in [-0.4, -0.2) is 27.9 Å². The fourth-order valence-electron chi connectivity index (χ4n) is 3.23. The topological polar surface area (TPSA) is 46.1 Å². The number of aryl methyl sites for hydroxylation is 1. The molecule has 0 saturated carbocycles. The molecular formula is C17H19N3OS. The van der Waals surface area contributed by atoms with E-state index < -0.39 is 11.0 Å². The maximum Gasteiger partial charge on any atom is 0.125 e. The summed E-state index contributed by atoms with van der Waals surface area (Å²) in [5.74, 6) is 0. The number of nitrogens with one attached hydrogen (secondary N) is 2. The molecule has 1 aliphatic heterocycles. The van der Waals surface area contributed by atoms with Gasteiger partial charge in [-0.05, 0) is 19.1 Å². The second-order valence-electron chi connectivity index (χ2n) is 5.74. The summed E-state index contributed by atoms with van der Waals surface area (Å²) in [4.78, 5) is 0.859. The van der Waals surface area contributed by atoms with Gasteiger partial charge < -0.3 is 9.88 Å². The van der Waals surface area contributed by atoms with Crippen LogP contribution in [0, 0.1) is 0 Å². The molecule has 2 aromatic carbocycles. The van der Waals surface area contributed by atoms with Gasteiger partial charge in [-0.15, -0.1) is 0 Å². The molecule has 0 bridgehead atoms. The second kappa shape index (κ2) is 5.19. The summed E-state index contributed by atoms with van der Waals surface area (Å²) in [5.41, 5.74) is 1.17. The molecule has 1 aliphatic rings. The first kappa shape index (κ1) is 13.9. The minimum atomic E-state index is -1.19. The standard InChI is InChI=1S/C17H19N3OS/c1-3-20-11(2)13-5-4-6-14-16(8-7-15(20)17(13)14)22(21)19-12-9-18-10-12/h4-8,12,18-19H,2-3,9-10H2,1H3. The van der Waals surface area contributed by atoms with Crippen molar-refractivity contribution in [1.82, 2.24) is 14.6 Å². The predicted octanol–water partition coefficient (Wildman–Crippen LogP) is 1.53. The van der Waals surface area contributed by atoms with Crippen molar-refractivity contribution < 1.29 is 4.21 Å². The maximum atomic E-state index is 12.7. The number of hydrogen-bond acceptors (Lipinski definition) is 2. The lowest BCUT2D eigenvalue weighted by Gasteiger charge is -2.27. The summed E-state index contributed by atoms with van der Waals surface area (Å²) in [6, 6.07) is 10.5. The fraction of sp³-hybridized carbons (Fsp3) is 0.294. The minimum Gasteiger partial charge on any atom is -0.341 e. The molecule has 0 spiro atoms. The maximum absolute atomic E-state index is 12.7. The Morgan fingerprint density at radius 1 is 1.32 bits per heavy atom. The molecule has 1 atom stereocenters. The molecule has 1 unspecified atom stereocenters. The summed E-state index contributed by atoms with van der Waals surface area (Å²) in [6.45, 7) is 8.99. The number of hydrogen-bond donors (Lipinski definition) is 2. The Bertz CT molecular complexity index is 927. The third-order valence-electron chi connectivity index (χ3n) is 4.48. The van der Waals surface area contributed by atoms with E-state index in [-0.39, 0.29) is 0 Å². The zero-order valence-electron chi connectivity index (χ0n) is 12.6. The van der Waals surface area contributed by atoms with Crippen molar-refractivity contribution in [1.29, 1.82) is 0 Å². The lowest BCUT2D eigenvalue weighted by molar-refractivity contribution is 0.418. The van der Waals surface area contributed by atoms with E-state index in [9.17, 15) is 4.21 Å². The van der Waals surface area contributed by atoms with E-state index in [1.165, 1.54) is 10.9 Å². The number of rotatable bonds is 4. The highest BCUT2D eigenvalue weighted by molar-refractivity contribution is 7.83. The van der Waals surface area contributed by atoms with Gasteiger partial charge in [0.1, 0.15) is 11.0 Å². The summed E-state index contributed by atoms with van der Waals surface area (Å²) in [6.07, 6.45) is 0. The molecule has 1 saturated heterocycles. The highest BCUT2D eigenvalue weighted by atomic mass is 32.2. The van der Waals surface area contributed by atoms with E-state index in [2.05, 4.69) is 46.3 Å². The SMILES string of the molecule is C=c1c2cccc3c(S(=O)NC4CNC4)ccc(c32)n1CC. The fourth-order valence-corrected chi connectivity index (χ4v) is 4.39. The number of benzene rings is 2. The van der Waals surface area contributed by atoms with Crippen LogP contribution in [0.25, 0.3) is 28.3 Å². The highest BCUT2D eigenvalue weighted by Gasteiger charge is 2.21. The largest absolute Gasteiger partial charge is 0.341 e. The van der Waals surface area contributed by atoms with Gasteiger partial charge in [-0.3, -0.25) is 0 Å². The van der Waals surface area contributed by atoms with Crippen molar-refractivity contribution in [2.75, 3.05) is 13.1 Å². The van der Waals surface area contributed by atoms with Gasteiger partial charge in [0.05, 0.1) is 4.90 Å². The molecule has 0 radical (unpaired) electrons. The van der Waals surface area contributed by atoms with Gasteiger partial charge in [0, 0.05) is 52.7 Å². The van der Waals surface area contributed by atoms with Crippen molar-refractivity contribution in [2.24, 2.45) is 0 Å². The summed E-state index contributed by atoms with van der Waals surface area (Å²) >= 11 is 0. The normalized spacial score (nSPS) is 17.1. The molecule has 114 valence electrons. The summed E-state index contributed by atoms with van der Waals surface area (Å²) in [7, 11) is -1.19. The molecule has 3 aromatic rings. The lowest BCUT2D eigenvalue weighted by atomic mass is 10.1. The van der Waals surface area contributed by atoms with Crippen LogP contribution >= 0.6 is 0 Å². The molecular weight excluding hydrogens is 294 g/mol. The van der Waals surface area contributed by atoms with Crippen LogP contribution in [0.2, 0.25) is 0 Å². The highest BCUT2D eigenvalue weighted by Crippen LogP contribution is 2.30. The molecule has 2 heterocycles. The number of nitrogens with zero attached hydrogens (tertiary/aromatic N) is 1. The van der Waals surface area contributed by atoms with Gasteiger partial charge in [-0.1, -0.05) is 24.8 Å². The first-order chi connectivity index (χ1) is 10.7. The molecule has 1 fully saturated rings. The van der Waals surface area contributed by atoms with Crippen molar-refractivity contribution in [3.63, 3.8) is 0 Å². The van der Waals surface area contributed by atoms with Crippen molar-refractivity contribution >= 4 is 39.2 Å². The minimum absolute atomic E-state index is 0.297. The van der Waals surface area contributed by atoms with Gasteiger partial charge in [-0.25, -0.2) is 8.93 Å². The first-order valence-electron chi connectivity index (χ1n) is 7.62. The van der Waals surface area contributed by atoms with Crippen molar-refractivity contribution in [2.45, 2.75) is 24.4 Å². The van der Waals surface area contributed by atoms with Gasteiger partial charge in [0.25, 0.3) is 0 Å². The Hall–Kier alpha value is -1.69. The summed E-state index contributed by atoms with van der Waals surface area (Å²) in [5, 5.41) is 7.60. The molecule has 0 aliphatic carbocycles. The van der Waals surface area contributed by atoms with E-state index in [1.54, 1.807) is 0 Å². The Kier molecular flexibility index (Phi) is 3.29. The molecule has 0 amide bonds. The number of aromatic nitrogens is 1. The van der Waals surface area contributed by atoms with Crippen LogP contribution in [0.3, 0.4) is 0 Å². The third kappa shape index (κ3) is 1.93. The summed E-state index contributed by atoms with van der Waals surface area (Å²) < 4.78 is 18.1. The van der Waals surface area contributed by atoms with E-state index >= 15 is 0 Å². The third-order valence-corrected chi connectivity index (χ3v) is 5.78. The van der Waals surface area contributed by atoms with Crippen LogP contribution in [0.15, 0.2) is 35.2 Å². The second-order valence-corrected chi connectivity index (χ2v) is 6.96. The Morgan fingerprint density at radius 3 is 2.77 bits per heavy atom.